The summed E-state index contributed by atoms with van der Waals surface area (Å²) in [5.41, 5.74) is 0. The minimum Gasteiger partial charge on any atom is -0.146 e. The maximum atomic E-state index is 5.81. The average Bonchev–Trinajstić information content (AvgIpc) is 2.04. The Bertz CT molecular complexity index is 117. The van der Waals surface area contributed by atoms with Gasteiger partial charge in [-0.25, -0.2) is 0 Å². The quantitative estimate of drug-likeness (QED) is 0.468. The van der Waals surface area contributed by atoms with Gasteiger partial charge in [0, 0.05) is 0 Å². The SMILES string of the molecule is CC[Si](Cl)(Cl)CC.CC[Si](Cl)(Cl)Cl. The van der Waals surface area contributed by atoms with Gasteiger partial charge in [0.05, 0.1) is 0 Å². The fraction of sp³-hybridized carbons (Fsp3) is 1.00. The summed E-state index contributed by atoms with van der Waals surface area (Å²) in [4.78, 5) is 0. The first kappa shape index (κ1) is 17.3. The molecule has 0 heterocycles. The predicted molar refractivity (Wildman–Crippen MR) is 72.2 cm³/mol. The first-order valence-electron chi connectivity index (χ1n) is 4.13. The van der Waals surface area contributed by atoms with Gasteiger partial charge in [-0.15, -0.1) is 55.4 Å². The molecule has 0 saturated heterocycles. The van der Waals surface area contributed by atoms with Crippen LogP contribution in [-0.4, -0.2) is 12.7 Å². The average molecular weight is 321 g/mol. The van der Waals surface area contributed by atoms with Crippen LogP contribution in [0.1, 0.15) is 20.8 Å². The van der Waals surface area contributed by atoms with Crippen molar-refractivity contribution in [2.75, 3.05) is 0 Å². The van der Waals surface area contributed by atoms with Crippen LogP contribution in [-0.2, 0) is 0 Å². The molecule has 0 fully saturated rings. The second kappa shape index (κ2) is 8.08. The van der Waals surface area contributed by atoms with Crippen molar-refractivity contribution in [2.24, 2.45) is 0 Å². The summed E-state index contributed by atoms with van der Waals surface area (Å²) in [6, 6.07) is 0.421. The van der Waals surface area contributed by atoms with Crippen molar-refractivity contribution in [1.29, 1.82) is 0 Å². The minimum atomic E-state index is -2.21. The zero-order valence-electron chi connectivity index (χ0n) is 8.01. The summed E-state index contributed by atoms with van der Waals surface area (Å²) in [5, 5.41) is 0. The largest absolute Gasteiger partial charge is 0.341 e. The molecule has 0 aliphatic carbocycles. The van der Waals surface area contributed by atoms with E-state index in [9.17, 15) is 0 Å². The van der Waals surface area contributed by atoms with Gasteiger partial charge in [-0.3, -0.25) is 0 Å². The molecule has 0 aromatic rings. The van der Waals surface area contributed by atoms with Crippen LogP contribution in [0.3, 0.4) is 0 Å². The molecule has 7 heteroatoms. The van der Waals surface area contributed by atoms with Crippen LogP contribution < -0.4 is 0 Å². The Morgan fingerprint density at radius 3 is 0.923 bits per heavy atom. The highest BCUT2D eigenvalue weighted by atomic mass is 35.8. The Morgan fingerprint density at radius 1 is 0.692 bits per heavy atom. The van der Waals surface area contributed by atoms with Gasteiger partial charge in [0.15, 0.2) is 0 Å². The Morgan fingerprint density at radius 2 is 0.923 bits per heavy atom. The molecule has 0 rings (SSSR count). The zero-order chi connectivity index (χ0) is 11.1. The predicted octanol–water partition coefficient (Wildman–Crippen LogP) is 5.61. The maximum absolute atomic E-state index is 5.81. The van der Waals surface area contributed by atoms with Crippen molar-refractivity contribution in [3.05, 3.63) is 0 Å². The second-order valence-corrected chi connectivity index (χ2v) is 20.1. The smallest absolute Gasteiger partial charge is 0.146 e. The Balaban J connectivity index is 0. The second-order valence-electron chi connectivity index (χ2n) is 2.53. The summed E-state index contributed by atoms with van der Waals surface area (Å²) in [5.74, 6) is 0. The molecule has 0 spiro atoms. The Labute approximate surface area is 106 Å². The van der Waals surface area contributed by atoms with Crippen LogP contribution in [0.2, 0.25) is 18.1 Å². The lowest BCUT2D eigenvalue weighted by molar-refractivity contribution is 1.33. The van der Waals surface area contributed by atoms with E-state index in [0.717, 1.165) is 12.1 Å². The molecular weight excluding hydrogens is 306 g/mol. The van der Waals surface area contributed by atoms with Crippen molar-refractivity contribution < 1.29 is 0 Å². The van der Waals surface area contributed by atoms with E-state index >= 15 is 0 Å². The van der Waals surface area contributed by atoms with E-state index in [0.29, 0.717) is 6.04 Å². The normalized spacial score (nSPS) is 12.0. The third kappa shape index (κ3) is 16.6. The van der Waals surface area contributed by atoms with Crippen LogP contribution in [0.25, 0.3) is 0 Å². The monoisotopic (exact) mass is 318 g/mol. The fourth-order valence-electron chi connectivity index (χ4n) is 0.250. The molecule has 0 atom stereocenters. The molecule has 13 heavy (non-hydrogen) atoms. The third-order valence-corrected chi connectivity index (χ3v) is 9.92. The van der Waals surface area contributed by atoms with Gasteiger partial charge in [-0.1, -0.05) is 20.8 Å². The Kier molecular flexibility index (Phi) is 10.7. The lowest BCUT2D eigenvalue weighted by atomic mass is 11.0. The van der Waals surface area contributed by atoms with E-state index in [1.54, 1.807) is 0 Å². The van der Waals surface area contributed by atoms with E-state index in [1.807, 2.05) is 20.8 Å². The van der Waals surface area contributed by atoms with Gasteiger partial charge in [0.25, 0.3) is 6.69 Å². The molecule has 0 amide bonds. The summed E-state index contributed by atoms with van der Waals surface area (Å²) in [6.07, 6.45) is 0. The van der Waals surface area contributed by atoms with Gasteiger partial charge in [-0.05, 0) is 18.1 Å². The lowest BCUT2D eigenvalue weighted by Crippen LogP contribution is -2.13. The van der Waals surface area contributed by atoms with Crippen LogP contribution in [0.15, 0.2) is 0 Å². The Hall–Kier alpha value is 1.88. The van der Waals surface area contributed by atoms with E-state index in [1.165, 1.54) is 0 Å². The van der Waals surface area contributed by atoms with E-state index < -0.39 is 12.7 Å². The highest BCUT2D eigenvalue weighted by Crippen LogP contribution is 2.23. The molecular formula is C6H15Cl5Si2. The topological polar surface area (TPSA) is 0 Å². The maximum Gasteiger partial charge on any atom is 0.341 e. The summed E-state index contributed by atoms with van der Waals surface area (Å²) < 4.78 is 0. The van der Waals surface area contributed by atoms with Crippen LogP contribution in [0, 0.1) is 0 Å². The number of hydrogen-bond donors (Lipinski definition) is 0. The highest BCUT2D eigenvalue weighted by Gasteiger charge is 2.21. The minimum absolute atomic E-state index is 0.706. The van der Waals surface area contributed by atoms with E-state index in [2.05, 4.69) is 0 Å². The van der Waals surface area contributed by atoms with E-state index in [4.69, 9.17) is 55.4 Å². The third-order valence-electron chi connectivity index (χ3n) is 1.44. The molecule has 0 unspecified atom stereocenters. The van der Waals surface area contributed by atoms with Crippen molar-refractivity contribution in [3.8, 4) is 0 Å². The molecule has 0 aliphatic rings. The highest BCUT2D eigenvalue weighted by molar-refractivity contribution is 7.64. The van der Waals surface area contributed by atoms with Crippen molar-refractivity contribution in [2.45, 2.75) is 38.9 Å². The van der Waals surface area contributed by atoms with Gasteiger partial charge in [0.1, 0.15) is 0 Å². The molecule has 0 radical (unpaired) electrons. The number of rotatable bonds is 3. The standard InChI is InChI=1S/C4H10Cl2Si.C2H5Cl3Si/c1-3-7(5,6)4-2;1-2-6(3,4)5/h3-4H2,1-2H3;2H2,1H3. The molecule has 0 aliphatic heterocycles. The van der Waals surface area contributed by atoms with Crippen LogP contribution >= 0.6 is 55.4 Å². The van der Waals surface area contributed by atoms with Crippen LogP contribution in [0.4, 0.5) is 0 Å². The fourth-order valence-corrected chi connectivity index (χ4v) is 0.750. The summed E-state index contributed by atoms with van der Waals surface area (Å²) in [7, 11) is 0. The number of hydrogen-bond acceptors (Lipinski definition) is 0. The van der Waals surface area contributed by atoms with Gasteiger partial charge < -0.3 is 0 Å². The van der Waals surface area contributed by atoms with Gasteiger partial charge in [-0.2, -0.15) is 0 Å². The van der Waals surface area contributed by atoms with Crippen molar-refractivity contribution in [3.63, 3.8) is 0 Å². The van der Waals surface area contributed by atoms with Gasteiger partial charge in [0.2, 0.25) is 0 Å². The lowest BCUT2D eigenvalue weighted by Gasteiger charge is -2.08. The summed E-state index contributed by atoms with van der Waals surface area (Å²) >= 11 is 27.8. The van der Waals surface area contributed by atoms with Gasteiger partial charge >= 0.3 is 6.00 Å². The molecule has 0 N–H and O–H groups in total. The molecule has 0 aromatic carbocycles. The zero-order valence-corrected chi connectivity index (χ0v) is 13.8. The molecule has 0 bridgehead atoms. The summed E-state index contributed by atoms with van der Waals surface area (Å²) in [6.45, 7) is 4.24. The molecule has 0 nitrogen and oxygen atoms in total. The molecule has 0 aromatic heterocycles. The number of halogens is 5. The van der Waals surface area contributed by atoms with Crippen molar-refractivity contribution >= 4 is 68.1 Å². The van der Waals surface area contributed by atoms with Crippen molar-refractivity contribution in [1.82, 2.24) is 0 Å². The first-order chi connectivity index (χ1) is 5.68. The van der Waals surface area contributed by atoms with E-state index in [-0.39, 0.29) is 0 Å². The van der Waals surface area contributed by atoms with Crippen LogP contribution in [0.5, 0.6) is 0 Å². The first-order valence-corrected chi connectivity index (χ1v) is 13.8. The molecule has 82 valence electrons. The molecule has 0 saturated carbocycles.